The van der Waals surface area contributed by atoms with Crippen molar-refractivity contribution in [3.8, 4) is 0 Å². The molecule has 0 amide bonds. The highest BCUT2D eigenvalue weighted by atomic mass is 16.5. The average Bonchev–Trinajstić information content (AvgIpc) is 2.71. The Kier molecular flexibility index (Phi) is 5.27. The Bertz CT molecular complexity index is 389. The number of hydrogen-bond donors (Lipinski definition) is 0. The molecule has 2 aliphatic rings. The fourth-order valence-corrected chi connectivity index (χ4v) is 4.21. The molecule has 2 aliphatic heterocycles. The Morgan fingerprint density at radius 3 is 1.83 bits per heavy atom. The van der Waals surface area contributed by atoms with Gasteiger partial charge in [0.05, 0.1) is 6.61 Å². The topological polar surface area (TPSA) is 15.7 Å². The molecule has 0 N–H and O–H groups in total. The van der Waals surface area contributed by atoms with Crippen molar-refractivity contribution in [2.45, 2.75) is 67.3 Å². The number of ether oxygens (including phenoxy) is 1. The van der Waals surface area contributed by atoms with Gasteiger partial charge in [0.25, 0.3) is 0 Å². The van der Waals surface area contributed by atoms with Crippen LogP contribution in [0.15, 0.2) is 0 Å². The van der Waals surface area contributed by atoms with E-state index in [1.165, 1.54) is 32.7 Å². The molecule has 0 aliphatic carbocycles. The van der Waals surface area contributed by atoms with Crippen LogP contribution >= 0.6 is 0 Å². The van der Waals surface area contributed by atoms with Crippen LogP contribution in [0.3, 0.4) is 0 Å². The zero-order chi connectivity index (χ0) is 17.5. The molecule has 0 aromatic rings. The van der Waals surface area contributed by atoms with Gasteiger partial charge in [-0.3, -0.25) is 4.90 Å². The van der Waals surface area contributed by atoms with Crippen molar-refractivity contribution < 1.29 is 4.74 Å². The minimum atomic E-state index is 0.280. The van der Waals surface area contributed by atoms with Crippen LogP contribution in [0.2, 0.25) is 0 Å². The van der Waals surface area contributed by atoms with E-state index in [0.29, 0.717) is 16.4 Å². The number of nitrogens with zero attached hydrogens (tertiary/aromatic N) is 2. The number of fused-ring (bicyclic) bond motifs is 1. The smallest absolute Gasteiger partial charge is 0.0514 e. The quantitative estimate of drug-likeness (QED) is 0.714. The summed E-state index contributed by atoms with van der Waals surface area (Å²) in [7, 11) is 0. The number of rotatable bonds is 5. The summed E-state index contributed by atoms with van der Waals surface area (Å²) in [5.41, 5.74) is 1.45. The van der Waals surface area contributed by atoms with E-state index in [1.54, 1.807) is 0 Å². The Morgan fingerprint density at radius 1 is 0.870 bits per heavy atom. The number of hydrogen-bond acceptors (Lipinski definition) is 3. The molecular weight excluding hydrogens is 284 g/mol. The summed E-state index contributed by atoms with van der Waals surface area (Å²) in [6.07, 6.45) is 1.16. The van der Waals surface area contributed by atoms with Crippen LogP contribution in [0.1, 0.15) is 61.8 Å². The zero-order valence-corrected chi connectivity index (χ0v) is 17.0. The van der Waals surface area contributed by atoms with E-state index in [4.69, 9.17) is 4.74 Å². The maximum Gasteiger partial charge on any atom is 0.0514 e. The van der Waals surface area contributed by atoms with Crippen LogP contribution in [0.25, 0.3) is 0 Å². The molecular formula is C20H40N2O. The Labute approximate surface area is 144 Å². The van der Waals surface area contributed by atoms with Crippen LogP contribution in [-0.4, -0.2) is 61.3 Å². The second-order valence-corrected chi connectivity index (χ2v) is 10.8. The van der Waals surface area contributed by atoms with Gasteiger partial charge in [0.1, 0.15) is 0 Å². The number of likely N-dealkylation sites (tertiary alicyclic amines) is 2. The lowest BCUT2D eigenvalue weighted by Crippen LogP contribution is -2.43. The van der Waals surface area contributed by atoms with Crippen molar-refractivity contribution >= 4 is 0 Å². The largest absolute Gasteiger partial charge is 0.381 e. The van der Waals surface area contributed by atoms with Gasteiger partial charge in [-0.15, -0.1) is 0 Å². The van der Waals surface area contributed by atoms with E-state index in [2.05, 4.69) is 65.2 Å². The summed E-state index contributed by atoms with van der Waals surface area (Å²) in [6, 6.07) is 0. The molecule has 2 fully saturated rings. The van der Waals surface area contributed by atoms with E-state index < -0.39 is 0 Å². The second-order valence-electron chi connectivity index (χ2n) is 10.8. The molecule has 3 heteroatoms. The standard InChI is InChI=1S/C20H40N2O/c1-17(2,3)16-23-11-9-10-21-12-19(7)14-22(18(4,5)6)15-20(19,8)13-21/h9-16H2,1-8H3/t19-,20+. The third-order valence-corrected chi connectivity index (χ3v) is 5.93. The average molecular weight is 325 g/mol. The summed E-state index contributed by atoms with van der Waals surface area (Å²) in [5.74, 6) is 0. The second kappa shape index (κ2) is 6.31. The maximum absolute atomic E-state index is 5.83. The summed E-state index contributed by atoms with van der Waals surface area (Å²) in [4.78, 5) is 5.37. The minimum Gasteiger partial charge on any atom is -0.381 e. The highest BCUT2D eigenvalue weighted by Crippen LogP contribution is 2.52. The van der Waals surface area contributed by atoms with Gasteiger partial charge in [-0.25, -0.2) is 0 Å². The highest BCUT2D eigenvalue weighted by molar-refractivity contribution is 5.11. The summed E-state index contributed by atoms with van der Waals surface area (Å²) >= 11 is 0. The lowest BCUT2D eigenvalue weighted by molar-refractivity contribution is 0.0637. The Balaban J connectivity index is 1.79. The molecule has 2 atom stereocenters. The van der Waals surface area contributed by atoms with Crippen LogP contribution in [-0.2, 0) is 4.74 Å². The Hall–Kier alpha value is -0.120. The van der Waals surface area contributed by atoms with E-state index in [0.717, 1.165) is 19.6 Å². The SMILES string of the molecule is CC(C)(C)COCCCN1C[C@@]2(C)CN(C(C)(C)C)C[C@@]2(C)C1. The van der Waals surface area contributed by atoms with Crippen LogP contribution in [0.4, 0.5) is 0 Å². The lowest BCUT2D eigenvalue weighted by Gasteiger charge is -2.34. The van der Waals surface area contributed by atoms with Crippen molar-refractivity contribution in [2.24, 2.45) is 16.2 Å². The van der Waals surface area contributed by atoms with Gasteiger partial charge < -0.3 is 9.64 Å². The summed E-state index contributed by atoms with van der Waals surface area (Å²) < 4.78 is 5.83. The normalized spacial score (nSPS) is 33.4. The van der Waals surface area contributed by atoms with Crippen molar-refractivity contribution in [2.75, 3.05) is 45.9 Å². The van der Waals surface area contributed by atoms with E-state index in [1.807, 2.05) is 0 Å². The van der Waals surface area contributed by atoms with Crippen LogP contribution in [0, 0.1) is 16.2 Å². The molecule has 2 heterocycles. The first-order chi connectivity index (χ1) is 10.3. The molecule has 0 radical (unpaired) electrons. The van der Waals surface area contributed by atoms with Crippen LogP contribution < -0.4 is 0 Å². The third-order valence-electron chi connectivity index (χ3n) is 5.93. The third kappa shape index (κ3) is 4.49. The van der Waals surface area contributed by atoms with Gasteiger partial charge in [-0.05, 0) is 32.6 Å². The lowest BCUT2D eigenvalue weighted by atomic mass is 9.71. The van der Waals surface area contributed by atoms with Gasteiger partial charge >= 0.3 is 0 Å². The predicted octanol–water partition coefficient (Wildman–Crippen LogP) is 3.88. The van der Waals surface area contributed by atoms with Crippen molar-refractivity contribution in [1.29, 1.82) is 0 Å². The van der Waals surface area contributed by atoms with Gasteiger partial charge in [-0.1, -0.05) is 34.6 Å². The predicted molar refractivity (Wildman–Crippen MR) is 98.9 cm³/mol. The monoisotopic (exact) mass is 324 g/mol. The van der Waals surface area contributed by atoms with Gasteiger partial charge in [-0.2, -0.15) is 0 Å². The molecule has 0 spiro atoms. The van der Waals surface area contributed by atoms with Crippen LogP contribution in [0.5, 0.6) is 0 Å². The van der Waals surface area contributed by atoms with Crippen molar-refractivity contribution in [3.63, 3.8) is 0 Å². The first-order valence-corrected chi connectivity index (χ1v) is 9.40. The molecule has 136 valence electrons. The van der Waals surface area contributed by atoms with Crippen molar-refractivity contribution in [3.05, 3.63) is 0 Å². The summed E-state index contributed by atoms with van der Waals surface area (Å²) in [6.45, 7) is 26.7. The molecule has 0 unspecified atom stereocenters. The zero-order valence-electron chi connectivity index (χ0n) is 17.0. The first kappa shape index (κ1) is 19.2. The molecule has 2 saturated heterocycles. The minimum absolute atomic E-state index is 0.280. The van der Waals surface area contributed by atoms with E-state index in [9.17, 15) is 0 Å². The molecule has 0 aromatic heterocycles. The molecule has 0 aromatic carbocycles. The van der Waals surface area contributed by atoms with Crippen molar-refractivity contribution in [1.82, 2.24) is 9.80 Å². The fraction of sp³-hybridized carbons (Fsp3) is 1.00. The molecule has 0 saturated carbocycles. The van der Waals surface area contributed by atoms with Gasteiger partial charge in [0, 0.05) is 55.7 Å². The Morgan fingerprint density at radius 2 is 1.39 bits per heavy atom. The highest BCUT2D eigenvalue weighted by Gasteiger charge is 2.58. The molecule has 3 nitrogen and oxygen atoms in total. The van der Waals surface area contributed by atoms with Gasteiger partial charge in [0.15, 0.2) is 0 Å². The molecule has 23 heavy (non-hydrogen) atoms. The van der Waals surface area contributed by atoms with E-state index in [-0.39, 0.29) is 5.41 Å². The molecule has 2 rings (SSSR count). The first-order valence-electron chi connectivity index (χ1n) is 9.40. The summed E-state index contributed by atoms with van der Waals surface area (Å²) in [5, 5.41) is 0. The maximum atomic E-state index is 5.83. The van der Waals surface area contributed by atoms with E-state index >= 15 is 0 Å². The fourth-order valence-electron chi connectivity index (χ4n) is 4.21. The molecule has 0 bridgehead atoms. The van der Waals surface area contributed by atoms with Gasteiger partial charge in [0.2, 0.25) is 0 Å².